The van der Waals surface area contributed by atoms with E-state index in [2.05, 4.69) is 15.9 Å². The Morgan fingerprint density at radius 3 is 2.60 bits per heavy atom. The van der Waals surface area contributed by atoms with E-state index < -0.39 is 10.0 Å². The average molecular weight is 383 g/mol. The fraction of sp³-hybridized carbons (Fsp3) is 0.364. The van der Waals surface area contributed by atoms with E-state index in [0.717, 1.165) is 4.31 Å². The second-order valence-corrected chi connectivity index (χ2v) is 7.60. The Morgan fingerprint density at radius 2 is 2.00 bits per heavy atom. The van der Waals surface area contributed by atoms with Gasteiger partial charge >= 0.3 is 0 Å². The van der Waals surface area contributed by atoms with Crippen molar-refractivity contribution in [3.63, 3.8) is 0 Å². The second-order valence-electron chi connectivity index (χ2n) is 4.46. The number of hydrogen-bond acceptors (Lipinski definition) is 4. The highest BCUT2D eigenvalue weighted by atomic mass is 79.9. The Morgan fingerprint density at radius 1 is 1.35 bits per heavy atom. The molecule has 1 heterocycles. The van der Waals surface area contributed by atoms with Crippen molar-refractivity contribution >= 4 is 49.1 Å². The van der Waals surface area contributed by atoms with Crippen molar-refractivity contribution in [2.45, 2.75) is 4.90 Å². The lowest BCUT2D eigenvalue weighted by molar-refractivity contribution is -0.132. The zero-order valence-corrected chi connectivity index (χ0v) is 13.8. The Labute approximate surface area is 130 Å². The third kappa shape index (κ3) is 2.78. The fourth-order valence-electron chi connectivity index (χ4n) is 1.85. The van der Waals surface area contributed by atoms with Gasteiger partial charge in [0.2, 0.25) is 15.9 Å². The lowest BCUT2D eigenvalue weighted by Crippen LogP contribution is -2.50. The Bertz CT molecular complexity index is 665. The monoisotopic (exact) mass is 381 g/mol. The number of carbonyl (C=O) groups excluding carboxylic acids is 1. The molecule has 1 aromatic rings. The van der Waals surface area contributed by atoms with Crippen LogP contribution in [-0.2, 0) is 14.8 Å². The molecule has 2 rings (SSSR count). The molecular formula is C11H13BrClN3O3S. The molecule has 2 N–H and O–H groups in total. The van der Waals surface area contributed by atoms with Crippen LogP contribution in [0, 0.1) is 0 Å². The first-order valence-electron chi connectivity index (χ1n) is 5.72. The maximum absolute atomic E-state index is 12.6. The minimum absolute atomic E-state index is 0.0279. The van der Waals surface area contributed by atoms with Gasteiger partial charge in [-0.3, -0.25) is 4.79 Å². The summed E-state index contributed by atoms with van der Waals surface area (Å²) < 4.78 is 26.5. The smallest absolute Gasteiger partial charge is 0.244 e. The molecule has 9 heteroatoms. The van der Waals surface area contributed by atoms with Gasteiger partial charge in [-0.05, 0) is 28.1 Å². The van der Waals surface area contributed by atoms with Crippen molar-refractivity contribution in [2.75, 3.05) is 32.4 Å². The first kappa shape index (κ1) is 15.6. The quantitative estimate of drug-likeness (QED) is 0.778. The molecule has 0 unspecified atom stereocenters. The van der Waals surface area contributed by atoms with E-state index in [4.69, 9.17) is 17.3 Å². The summed E-state index contributed by atoms with van der Waals surface area (Å²) in [7, 11) is -2.18. The molecule has 1 saturated heterocycles. The predicted molar refractivity (Wildman–Crippen MR) is 80.0 cm³/mol. The number of nitrogens with zero attached hydrogens (tertiary/aromatic N) is 2. The van der Waals surface area contributed by atoms with E-state index in [1.165, 1.54) is 17.0 Å². The number of piperazine rings is 1. The molecule has 0 saturated carbocycles. The number of carbonyl (C=O) groups is 1. The van der Waals surface area contributed by atoms with Gasteiger partial charge in [0.05, 0.1) is 15.9 Å². The van der Waals surface area contributed by atoms with E-state index in [1.807, 2.05) is 0 Å². The van der Waals surface area contributed by atoms with Crippen LogP contribution in [0.5, 0.6) is 0 Å². The third-order valence-corrected chi connectivity index (χ3v) is 6.31. The largest absolute Gasteiger partial charge is 0.398 e. The van der Waals surface area contributed by atoms with Crippen molar-refractivity contribution in [2.24, 2.45) is 0 Å². The summed E-state index contributed by atoms with van der Waals surface area (Å²) in [6.07, 6.45) is 0. The SMILES string of the molecule is CN1CCN(S(=O)(=O)c2cc(Cl)cc(N)c2Br)CC1=O. The number of nitrogen functional groups attached to an aromatic ring is 1. The summed E-state index contributed by atoms with van der Waals surface area (Å²) >= 11 is 9.02. The first-order chi connectivity index (χ1) is 9.23. The van der Waals surface area contributed by atoms with Crippen molar-refractivity contribution in [3.05, 3.63) is 21.6 Å². The number of halogens is 2. The summed E-state index contributed by atoms with van der Waals surface area (Å²) in [6, 6.07) is 2.78. The molecule has 6 nitrogen and oxygen atoms in total. The summed E-state index contributed by atoms with van der Waals surface area (Å²) in [5, 5.41) is 0.227. The maximum atomic E-state index is 12.6. The summed E-state index contributed by atoms with van der Waals surface area (Å²) in [4.78, 5) is 13.1. The number of anilines is 1. The molecule has 0 aliphatic carbocycles. The normalized spacial score (nSPS) is 17.6. The van der Waals surface area contributed by atoms with Crippen LogP contribution in [0.4, 0.5) is 5.69 Å². The van der Waals surface area contributed by atoms with Gasteiger partial charge in [0.25, 0.3) is 0 Å². The molecule has 1 aliphatic heterocycles. The van der Waals surface area contributed by atoms with Gasteiger partial charge in [0.1, 0.15) is 0 Å². The number of hydrogen-bond donors (Lipinski definition) is 1. The zero-order valence-electron chi connectivity index (χ0n) is 10.6. The van der Waals surface area contributed by atoms with Crippen molar-refractivity contribution in [1.29, 1.82) is 0 Å². The van der Waals surface area contributed by atoms with E-state index in [-0.39, 0.29) is 39.1 Å². The zero-order chi connectivity index (χ0) is 15.1. The molecule has 0 radical (unpaired) electrons. The topological polar surface area (TPSA) is 83.7 Å². The van der Waals surface area contributed by atoms with Gasteiger partial charge in [-0.15, -0.1) is 0 Å². The predicted octanol–water partition coefficient (Wildman–Crippen LogP) is 1.15. The minimum atomic E-state index is -3.82. The van der Waals surface area contributed by atoms with Crippen LogP contribution in [0.15, 0.2) is 21.5 Å². The molecule has 0 aromatic heterocycles. The number of sulfonamides is 1. The first-order valence-corrected chi connectivity index (χ1v) is 8.33. The molecule has 0 spiro atoms. The third-order valence-electron chi connectivity index (χ3n) is 3.07. The molecule has 1 aromatic carbocycles. The van der Waals surface area contributed by atoms with E-state index in [1.54, 1.807) is 7.05 Å². The van der Waals surface area contributed by atoms with Crippen LogP contribution < -0.4 is 5.73 Å². The van der Waals surface area contributed by atoms with Crippen LogP contribution in [0.1, 0.15) is 0 Å². The van der Waals surface area contributed by atoms with Gasteiger partial charge in [0.15, 0.2) is 0 Å². The molecule has 1 fully saturated rings. The maximum Gasteiger partial charge on any atom is 0.244 e. The Kier molecular flexibility index (Phi) is 4.29. The van der Waals surface area contributed by atoms with E-state index in [0.29, 0.717) is 6.54 Å². The number of likely N-dealkylation sites (N-methyl/N-ethyl adjacent to an activating group) is 1. The molecule has 0 bridgehead atoms. The highest BCUT2D eigenvalue weighted by Crippen LogP contribution is 2.33. The lowest BCUT2D eigenvalue weighted by atomic mass is 10.3. The van der Waals surface area contributed by atoms with Gasteiger partial charge in [0, 0.05) is 30.8 Å². The van der Waals surface area contributed by atoms with Crippen LogP contribution in [0.3, 0.4) is 0 Å². The Hall–Kier alpha value is -0.830. The van der Waals surface area contributed by atoms with Crippen LogP contribution in [0.2, 0.25) is 5.02 Å². The van der Waals surface area contributed by atoms with Gasteiger partial charge in [-0.1, -0.05) is 11.6 Å². The number of benzene rings is 1. The molecule has 20 heavy (non-hydrogen) atoms. The fourth-order valence-corrected chi connectivity index (χ4v) is 4.49. The number of nitrogens with two attached hydrogens (primary N) is 1. The van der Waals surface area contributed by atoms with Crippen molar-refractivity contribution in [3.8, 4) is 0 Å². The molecular weight excluding hydrogens is 370 g/mol. The minimum Gasteiger partial charge on any atom is -0.398 e. The lowest BCUT2D eigenvalue weighted by Gasteiger charge is -2.31. The summed E-state index contributed by atoms with van der Waals surface area (Å²) in [5.41, 5.74) is 5.94. The average Bonchev–Trinajstić information content (AvgIpc) is 2.36. The summed E-state index contributed by atoms with van der Waals surface area (Å²) in [5.74, 6) is -0.244. The number of amides is 1. The Balaban J connectivity index is 2.44. The van der Waals surface area contributed by atoms with Gasteiger partial charge < -0.3 is 10.6 Å². The highest BCUT2D eigenvalue weighted by molar-refractivity contribution is 9.10. The van der Waals surface area contributed by atoms with E-state index >= 15 is 0 Å². The number of rotatable bonds is 2. The van der Waals surface area contributed by atoms with Gasteiger partial charge in [-0.25, -0.2) is 8.42 Å². The highest BCUT2D eigenvalue weighted by Gasteiger charge is 2.33. The standard InChI is InChI=1S/C11H13BrClN3O3S/c1-15-2-3-16(6-10(15)17)20(18,19)9-5-7(13)4-8(14)11(9)12/h4-5H,2-3,6,14H2,1H3. The van der Waals surface area contributed by atoms with Crippen LogP contribution in [-0.4, -0.2) is 50.2 Å². The summed E-state index contributed by atoms with van der Waals surface area (Å²) in [6.45, 7) is 0.410. The van der Waals surface area contributed by atoms with Crippen molar-refractivity contribution < 1.29 is 13.2 Å². The molecule has 1 aliphatic rings. The second kappa shape index (κ2) is 5.51. The van der Waals surface area contributed by atoms with Gasteiger partial charge in [-0.2, -0.15) is 4.31 Å². The van der Waals surface area contributed by atoms with Crippen LogP contribution in [0.25, 0.3) is 0 Å². The van der Waals surface area contributed by atoms with Crippen molar-refractivity contribution in [1.82, 2.24) is 9.21 Å². The van der Waals surface area contributed by atoms with Crippen LogP contribution >= 0.6 is 27.5 Å². The molecule has 1 amide bonds. The molecule has 110 valence electrons. The molecule has 0 atom stereocenters. The van der Waals surface area contributed by atoms with E-state index in [9.17, 15) is 13.2 Å².